The van der Waals surface area contributed by atoms with Crippen molar-refractivity contribution in [1.29, 1.82) is 0 Å². The number of benzene rings is 1. The Kier molecular flexibility index (Phi) is 7.54. The van der Waals surface area contributed by atoms with Crippen LogP contribution in [0.5, 0.6) is 0 Å². The normalized spacial score (nSPS) is 17.5. The lowest BCUT2D eigenvalue weighted by Gasteiger charge is -2.30. The quantitative estimate of drug-likeness (QED) is 0.568. The first-order valence-corrected chi connectivity index (χ1v) is 12.6. The van der Waals surface area contributed by atoms with Gasteiger partial charge in [0.2, 0.25) is 21.8 Å². The van der Waals surface area contributed by atoms with Crippen molar-refractivity contribution < 1.29 is 17.6 Å². The summed E-state index contributed by atoms with van der Waals surface area (Å²) in [4.78, 5) is 14.5. The molecule has 0 N–H and O–H groups in total. The molecule has 1 atom stereocenters. The fourth-order valence-corrected chi connectivity index (χ4v) is 5.62. The van der Waals surface area contributed by atoms with Gasteiger partial charge in [-0.2, -0.15) is 4.31 Å². The molecule has 1 aromatic carbocycles. The van der Waals surface area contributed by atoms with Crippen LogP contribution in [0.2, 0.25) is 0 Å². The Labute approximate surface area is 182 Å². The predicted octanol–water partition coefficient (Wildman–Crippen LogP) is 3.12. The first-order chi connectivity index (χ1) is 14.3. The second kappa shape index (κ2) is 9.93. The van der Waals surface area contributed by atoms with E-state index in [2.05, 4.69) is 17.1 Å². The minimum Gasteiger partial charge on any atom is -0.411 e. The molecule has 1 saturated heterocycles. The Morgan fingerprint density at radius 2 is 1.93 bits per heavy atom. The van der Waals surface area contributed by atoms with Crippen molar-refractivity contribution in [3.8, 4) is 11.5 Å². The summed E-state index contributed by atoms with van der Waals surface area (Å²) in [5.74, 6) is 1.17. The van der Waals surface area contributed by atoms with Gasteiger partial charge in [0.25, 0.3) is 5.22 Å². The standard InChI is InChI=1S/C20H28N4O4S2/c1-4-24(5-2)30(26,27)17-10-8-16(9-11-17)19-21-22-20(28-19)29-14-18(25)23-12-6-7-15(3)13-23/h8-11,15H,4-7,12-14H2,1-3H3. The fraction of sp³-hybridized carbons (Fsp3) is 0.550. The van der Waals surface area contributed by atoms with Crippen molar-refractivity contribution in [3.63, 3.8) is 0 Å². The molecule has 164 valence electrons. The number of carbonyl (C=O) groups excluding carboxylic acids is 1. The van der Waals surface area contributed by atoms with E-state index in [4.69, 9.17) is 4.42 Å². The van der Waals surface area contributed by atoms with Crippen molar-refractivity contribution in [1.82, 2.24) is 19.4 Å². The van der Waals surface area contributed by atoms with Gasteiger partial charge in [-0.15, -0.1) is 10.2 Å². The average Bonchev–Trinajstić information content (AvgIpc) is 3.22. The first kappa shape index (κ1) is 22.8. The van der Waals surface area contributed by atoms with Crippen LogP contribution in [0.3, 0.4) is 0 Å². The molecule has 8 nitrogen and oxygen atoms in total. The maximum Gasteiger partial charge on any atom is 0.277 e. The van der Waals surface area contributed by atoms with Crippen molar-refractivity contribution in [2.45, 2.75) is 43.7 Å². The lowest BCUT2D eigenvalue weighted by atomic mass is 10.0. The summed E-state index contributed by atoms with van der Waals surface area (Å²) in [6.45, 7) is 8.22. The second-order valence-corrected chi connectivity index (χ2v) is 10.2. The summed E-state index contributed by atoms with van der Waals surface area (Å²) in [5, 5.41) is 8.35. The van der Waals surface area contributed by atoms with Crippen LogP contribution in [0.4, 0.5) is 0 Å². The molecule has 10 heteroatoms. The molecule has 1 fully saturated rings. The molecule has 2 heterocycles. The van der Waals surface area contributed by atoms with E-state index < -0.39 is 10.0 Å². The van der Waals surface area contributed by atoms with Crippen molar-refractivity contribution in [2.75, 3.05) is 31.9 Å². The average molecular weight is 453 g/mol. The van der Waals surface area contributed by atoms with Crippen LogP contribution in [0, 0.1) is 5.92 Å². The zero-order chi connectivity index (χ0) is 21.7. The first-order valence-electron chi connectivity index (χ1n) is 10.2. The number of amides is 1. The van der Waals surface area contributed by atoms with Crippen LogP contribution in [-0.2, 0) is 14.8 Å². The maximum absolute atomic E-state index is 12.6. The Hall–Kier alpha value is -1.91. The monoisotopic (exact) mass is 452 g/mol. The number of rotatable bonds is 8. The summed E-state index contributed by atoms with van der Waals surface area (Å²) < 4.78 is 32.2. The molecule has 1 unspecified atom stereocenters. The molecule has 30 heavy (non-hydrogen) atoms. The van der Waals surface area contributed by atoms with E-state index in [1.807, 2.05) is 18.7 Å². The molecule has 0 saturated carbocycles. The van der Waals surface area contributed by atoms with Gasteiger partial charge in [0.05, 0.1) is 10.6 Å². The number of carbonyl (C=O) groups is 1. The molecular weight excluding hydrogens is 424 g/mol. The lowest BCUT2D eigenvalue weighted by Crippen LogP contribution is -2.40. The van der Waals surface area contributed by atoms with Gasteiger partial charge in [-0.3, -0.25) is 4.79 Å². The summed E-state index contributed by atoms with van der Waals surface area (Å²) in [5.41, 5.74) is 0.629. The Morgan fingerprint density at radius 1 is 1.23 bits per heavy atom. The van der Waals surface area contributed by atoms with Gasteiger partial charge in [-0.05, 0) is 43.0 Å². The van der Waals surface area contributed by atoms with Crippen LogP contribution in [0.15, 0.2) is 38.8 Å². The molecular formula is C20H28N4O4S2. The van der Waals surface area contributed by atoms with Gasteiger partial charge in [0, 0.05) is 31.7 Å². The number of sulfonamides is 1. The van der Waals surface area contributed by atoms with Crippen LogP contribution < -0.4 is 0 Å². The van der Waals surface area contributed by atoms with Gasteiger partial charge in [-0.25, -0.2) is 8.42 Å². The van der Waals surface area contributed by atoms with Gasteiger partial charge in [0.15, 0.2) is 0 Å². The van der Waals surface area contributed by atoms with E-state index >= 15 is 0 Å². The van der Waals surface area contributed by atoms with E-state index in [1.165, 1.54) is 22.5 Å². The van der Waals surface area contributed by atoms with Gasteiger partial charge in [-0.1, -0.05) is 32.5 Å². The predicted molar refractivity (Wildman–Crippen MR) is 116 cm³/mol. The number of hydrogen-bond acceptors (Lipinski definition) is 7. The van der Waals surface area contributed by atoms with E-state index in [1.54, 1.807) is 24.3 Å². The van der Waals surface area contributed by atoms with E-state index in [-0.39, 0.29) is 16.6 Å². The Bertz CT molecular complexity index is 955. The molecule has 0 aliphatic carbocycles. The molecule has 0 radical (unpaired) electrons. The third-order valence-corrected chi connectivity index (χ3v) is 8.05. The summed E-state index contributed by atoms with van der Waals surface area (Å²) in [6.07, 6.45) is 2.21. The minimum atomic E-state index is -3.51. The third kappa shape index (κ3) is 5.22. The topological polar surface area (TPSA) is 96.6 Å². The van der Waals surface area contributed by atoms with Crippen LogP contribution in [-0.4, -0.2) is 65.7 Å². The molecule has 1 aliphatic heterocycles. The number of thioether (sulfide) groups is 1. The van der Waals surface area contributed by atoms with Gasteiger partial charge >= 0.3 is 0 Å². The highest BCUT2D eigenvalue weighted by Gasteiger charge is 2.23. The third-order valence-electron chi connectivity index (χ3n) is 5.18. The lowest BCUT2D eigenvalue weighted by molar-refractivity contribution is -0.130. The number of nitrogens with zero attached hydrogens (tertiary/aromatic N) is 4. The maximum atomic E-state index is 12.6. The molecule has 1 amide bonds. The summed E-state index contributed by atoms with van der Waals surface area (Å²) in [7, 11) is -3.51. The molecule has 3 rings (SSSR count). The zero-order valence-corrected chi connectivity index (χ0v) is 19.2. The molecule has 0 bridgehead atoms. The molecule has 0 spiro atoms. The Balaban J connectivity index is 1.62. The minimum absolute atomic E-state index is 0.0808. The highest BCUT2D eigenvalue weighted by molar-refractivity contribution is 7.99. The number of aromatic nitrogens is 2. The van der Waals surface area contributed by atoms with Crippen LogP contribution >= 0.6 is 11.8 Å². The zero-order valence-electron chi connectivity index (χ0n) is 17.6. The number of likely N-dealkylation sites (tertiary alicyclic amines) is 1. The Morgan fingerprint density at radius 3 is 2.57 bits per heavy atom. The number of piperidine rings is 1. The molecule has 1 aliphatic rings. The van der Waals surface area contributed by atoms with E-state index in [0.29, 0.717) is 35.7 Å². The van der Waals surface area contributed by atoms with Crippen molar-refractivity contribution >= 4 is 27.7 Å². The SMILES string of the molecule is CCN(CC)S(=O)(=O)c1ccc(-c2nnc(SCC(=O)N3CCCC(C)C3)o2)cc1. The molecule has 2 aromatic rings. The van der Waals surface area contributed by atoms with Gasteiger partial charge < -0.3 is 9.32 Å². The van der Waals surface area contributed by atoms with Crippen LogP contribution in [0.1, 0.15) is 33.6 Å². The van der Waals surface area contributed by atoms with Gasteiger partial charge in [0.1, 0.15) is 0 Å². The van der Waals surface area contributed by atoms with Crippen molar-refractivity contribution in [3.05, 3.63) is 24.3 Å². The highest BCUT2D eigenvalue weighted by atomic mass is 32.2. The second-order valence-electron chi connectivity index (χ2n) is 7.36. The summed E-state index contributed by atoms with van der Waals surface area (Å²) in [6, 6.07) is 6.39. The molecule has 1 aromatic heterocycles. The number of hydrogen-bond donors (Lipinski definition) is 0. The van der Waals surface area contributed by atoms with E-state index in [9.17, 15) is 13.2 Å². The highest BCUT2D eigenvalue weighted by Crippen LogP contribution is 2.26. The largest absolute Gasteiger partial charge is 0.411 e. The summed E-state index contributed by atoms with van der Waals surface area (Å²) >= 11 is 1.22. The fourth-order valence-electron chi connectivity index (χ4n) is 3.50. The van der Waals surface area contributed by atoms with Crippen molar-refractivity contribution in [2.24, 2.45) is 5.92 Å². The van der Waals surface area contributed by atoms with E-state index in [0.717, 1.165) is 19.5 Å². The van der Waals surface area contributed by atoms with Crippen LogP contribution in [0.25, 0.3) is 11.5 Å². The smallest absolute Gasteiger partial charge is 0.277 e.